The second-order valence-corrected chi connectivity index (χ2v) is 7.07. The Morgan fingerprint density at radius 3 is 2.05 bits per heavy atom. The van der Waals surface area contributed by atoms with Gasteiger partial charge in [-0.25, -0.2) is 9.59 Å². The van der Waals surface area contributed by atoms with Gasteiger partial charge in [0.15, 0.2) is 0 Å². The maximum atomic E-state index is 12.1. The van der Waals surface area contributed by atoms with Crippen LogP contribution >= 0.6 is 0 Å². The first-order valence-electron chi connectivity index (χ1n) is 6.79. The predicted octanol–water partition coefficient (Wildman–Crippen LogP) is 2.26. The quantitative estimate of drug-likeness (QED) is 0.843. The summed E-state index contributed by atoms with van der Waals surface area (Å²) < 4.78 is 11.0. The summed E-state index contributed by atoms with van der Waals surface area (Å²) in [6.07, 6.45) is -0.611. The molecule has 2 unspecified atom stereocenters. The van der Waals surface area contributed by atoms with Crippen LogP contribution in [0.25, 0.3) is 0 Å². The zero-order valence-electron chi connectivity index (χ0n) is 13.1. The van der Waals surface area contributed by atoms with Crippen molar-refractivity contribution < 1.29 is 24.2 Å². The number of hydrogen-bond donors (Lipinski definition) is 1. The molecule has 0 bridgehead atoms. The Morgan fingerprint density at radius 2 is 1.65 bits per heavy atom. The summed E-state index contributed by atoms with van der Waals surface area (Å²) in [7, 11) is 0. The van der Waals surface area contributed by atoms with E-state index >= 15 is 0 Å². The first kappa shape index (κ1) is 16.8. The van der Waals surface area contributed by atoms with Crippen molar-refractivity contribution in [3.63, 3.8) is 0 Å². The molecule has 6 heteroatoms. The SMILES string of the molecule is CC(C)(C)OC(=O)N1CC(OC(C)(C)C)CC1C(=O)O. The molecule has 1 aliphatic heterocycles. The van der Waals surface area contributed by atoms with Crippen molar-refractivity contribution in [2.24, 2.45) is 0 Å². The average molecular weight is 287 g/mol. The Bertz CT molecular complexity index is 380. The molecule has 0 radical (unpaired) electrons. The lowest BCUT2D eigenvalue weighted by Gasteiger charge is -2.27. The molecule has 6 nitrogen and oxygen atoms in total. The molecule has 1 fully saturated rings. The van der Waals surface area contributed by atoms with E-state index in [1.165, 1.54) is 4.90 Å². The highest BCUT2D eigenvalue weighted by atomic mass is 16.6. The van der Waals surface area contributed by atoms with E-state index in [0.29, 0.717) is 0 Å². The topological polar surface area (TPSA) is 76.1 Å². The predicted molar refractivity (Wildman–Crippen MR) is 73.6 cm³/mol. The Kier molecular flexibility index (Phi) is 4.69. The van der Waals surface area contributed by atoms with Crippen molar-refractivity contribution in [1.29, 1.82) is 0 Å². The largest absolute Gasteiger partial charge is 0.480 e. The second-order valence-electron chi connectivity index (χ2n) is 7.07. The highest BCUT2D eigenvalue weighted by molar-refractivity contribution is 5.81. The fourth-order valence-electron chi connectivity index (χ4n) is 2.14. The van der Waals surface area contributed by atoms with Crippen molar-refractivity contribution in [3.05, 3.63) is 0 Å². The maximum absolute atomic E-state index is 12.1. The minimum Gasteiger partial charge on any atom is -0.480 e. The van der Waals surface area contributed by atoms with Gasteiger partial charge in [-0.15, -0.1) is 0 Å². The van der Waals surface area contributed by atoms with E-state index < -0.39 is 23.7 Å². The number of ether oxygens (including phenoxy) is 2. The van der Waals surface area contributed by atoms with Gasteiger partial charge in [-0.05, 0) is 41.5 Å². The molecular formula is C14H25NO5. The lowest BCUT2D eigenvalue weighted by atomic mass is 10.1. The summed E-state index contributed by atoms with van der Waals surface area (Å²) in [4.78, 5) is 24.6. The van der Waals surface area contributed by atoms with Crippen LogP contribution in [0.3, 0.4) is 0 Å². The lowest BCUT2D eigenvalue weighted by molar-refractivity contribution is -0.142. The second kappa shape index (κ2) is 5.60. The normalized spacial score (nSPS) is 23.8. The molecular weight excluding hydrogens is 262 g/mol. The van der Waals surface area contributed by atoms with E-state index in [-0.39, 0.29) is 24.7 Å². The fraction of sp³-hybridized carbons (Fsp3) is 0.857. The molecule has 1 heterocycles. The Hall–Kier alpha value is -1.30. The zero-order valence-corrected chi connectivity index (χ0v) is 13.1. The average Bonchev–Trinajstić information content (AvgIpc) is 2.56. The van der Waals surface area contributed by atoms with Gasteiger partial charge in [-0.2, -0.15) is 0 Å². The Labute approximate surface area is 120 Å². The van der Waals surface area contributed by atoms with Gasteiger partial charge in [0.05, 0.1) is 18.2 Å². The molecule has 0 aromatic rings. The van der Waals surface area contributed by atoms with E-state index in [9.17, 15) is 14.7 Å². The van der Waals surface area contributed by atoms with Crippen LogP contribution in [0, 0.1) is 0 Å². The molecule has 0 aromatic carbocycles. The summed E-state index contributed by atoms with van der Waals surface area (Å²) in [5.74, 6) is -1.03. The number of rotatable bonds is 2. The van der Waals surface area contributed by atoms with E-state index in [2.05, 4.69) is 0 Å². The van der Waals surface area contributed by atoms with Crippen molar-refractivity contribution in [3.8, 4) is 0 Å². The lowest BCUT2D eigenvalue weighted by Crippen LogP contribution is -2.43. The summed E-state index contributed by atoms with van der Waals surface area (Å²) in [6.45, 7) is 11.2. The number of carboxylic acid groups (broad SMARTS) is 1. The van der Waals surface area contributed by atoms with Gasteiger partial charge < -0.3 is 14.6 Å². The smallest absolute Gasteiger partial charge is 0.411 e. The number of nitrogens with zero attached hydrogens (tertiary/aromatic N) is 1. The van der Waals surface area contributed by atoms with Crippen LogP contribution in [0.5, 0.6) is 0 Å². The molecule has 20 heavy (non-hydrogen) atoms. The van der Waals surface area contributed by atoms with Crippen LogP contribution in [-0.4, -0.2) is 52.0 Å². The van der Waals surface area contributed by atoms with Gasteiger partial charge in [0.1, 0.15) is 11.6 Å². The van der Waals surface area contributed by atoms with Crippen LogP contribution in [0.4, 0.5) is 4.79 Å². The first-order valence-corrected chi connectivity index (χ1v) is 6.79. The first-order chi connectivity index (χ1) is 8.89. The van der Waals surface area contributed by atoms with E-state index in [1.807, 2.05) is 20.8 Å². The van der Waals surface area contributed by atoms with E-state index in [1.54, 1.807) is 20.8 Å². The van der Waals surface area contributed by atoms with E-state index in [0.717, 1.165) is 0 Å². The van der Waals surface area contributed by atoms with Crippen molar-refractivity contribution in [2.45, 2.75) is 71.3 Å². The van der Waals surface area contributed by atoms with Crippen LogP contribution in [0.15, 0.2) is 0 Å². The molecule has 0 aromatic heterocycles. The molecule has 1 rings (SSSR count). The van der Waals surface area contributed by atoms with Gasteiger partial charge in [0, 0.05) is 6.42 Å². The molecule has 116 valence electrons. The Morgan fingerprint density at radius 1 is 1.10 bits per heavy atom. The number of carboxylic acids is 1. The highest BCUT2D eigenvalue weighted by Crippen LogP contribution is 2.26. The maximum Gasteiger partial charge on any atom is 0.411 e. The highest BCUT2D eigenvalue weighted by Gasteiger charge is 2.43. The summed E-state index contributed by atoms with van der Waals surface area (Å²) in [6, 6.07) is -0.891. The Balaban J connectivity index is 2.78. The zero-order chi connectivity index (χ0) is 15.7. The number of likely N-dealkylation sites (tertiary alicyclic amines) is 1. The van der Waals surface area contributed by atoms with Gasteiger partial charge in [0.2, 0.25) is 0 Å². The van der Waals surface area contributed by atoms with Crippen LogP contribution < -0.4 is 0 Å². The molecule has 1 saturated heterocycles. The fourth-order valence-corrected chi connectivity index (χ4v) is 2.14. The van der Waals surface area contributed by atoms with Gasteiger partial charge in [-0.1, -0.05) is 0 Å². The summed E-state index contributed by atoms with van der Waals surface area (Å²) in [5, 5.41) is 9.24. The molecule has 1 N–H and O–H groups in total. The monoisotopic (exact) mass is 287 g/mol. The number of carbonyl (C=O) groups is 2. The van der Waals surface area contributed by atoms with Gasteiger partial charge in [-0.3, -0.25) is 4.90 Å². The van der Waals surface area contributed by atoms with Crippen molar-refractivity contribution in [1.82, 2.24) is 4.90 Å². The van der Waals surface area contributed by atoms with Crippen LogP contribution in [0.2, 0.25) is 0 Å². The van der Waals surface area contributed by atoms with Crippen molar-refractivity contribution >= 4 is 12.1 Å². The number of aliphatic carboxylic acids is 1. The molecule has 0 aliphatic carbocycles. The van der Waals surface area contributed by atoms with Gasteiger partial charge >= 0.3 is 12.1 Å². The third-order valence-electron chi connectivity index (χ3n) is 2.70. The van der Waals surface area contributed by atoms with E-state index in [4.69, 9.17) is 9.47 Å². The van der Waals surface area contributed by atoms with Crippen LogP contribution in [0.1, 0.15) is 48.0 Å². The minimum absolute atomic E-state index is 0.239. The molecule has 0 spiro atoms. The number of amides is 1. The number of hydrogen-bond acceptors (Lipinski definition) is 4. The molecule has 0 saturated carbocycles. The van der Waals surface area contributed by atoms with Crippen LogP contribution in [-0.2, 0) is 14.3 Å². The molecule has 1 amide bonds. The molecule has 1 aliphatic rings. The third-order valence-corrected chi connectivity index (χ3v) is 2.70. The summed E-state index contributed by atoms with van der Waals surface area (Å²) >= 11 is 0. The van der Waals surface area contributed by atoms with Crippen molar-refractivity contribution in [2.75, 3.05) is 6.54 Å². The standard InChI is InChI=1S/C14H25NO5/c1-13(2,3)19-9-7-10(11(16)17)15(8-9)12(18)20-14(4,5)6/h9-10H,7-8H2,1-6H3,(H,16,17). The molecule has 2 atom stereocenters. The minimum atomic E-state index is -1.03. The number of carbonyl (C=O) groups excluding carboxylic acids is 1. The summed E-state index contributed by atoms with van der Waals surface area (Å²) in [5.41, 5.74) is -1.03. The van der Waals surface area contributed by atoms with Gasteiger partial charge in [0.25, 0.3) is 0 Å². The third kappa shape index (κ3) is 5.00.